The molecule has 0 aliphatic carbocycles. The van der Waals surface area contributed by atoms with Crippen molar-refractivity contribution in [3.05, 3.63) is 58.1 Å². The number of hydrogen-bond donors (Lipinski definition) is 1. The van der Waals surface area contributed by atoms with E-state index in [0.29, 0.717) is 24.7 Å². The molecule has 0 bridgehead atoms. The zero-order valence-corrected chi connectivity index (χ0v) is 17.0. The van der Waals surface area contributed by atoms with E-state index in [1.807, 2.05) is 24.3 Å². The van der Waals surface area contributed by atoms with Crippen molar-refractivity contribution in [3.63, 3.8) is 0 Å². The maximum atomic E-state index is 12.6. The van der Waals surface area contributed by atoms with Crippen LogP contribution in [0.15, 0.2) is 42.5 Å². The first kappa shape index (κ1) is 20.3. The molecule has 1 aliphatic heterocycles. The van der Waals surface area contributed by atoms with Gasteiger partial charge in [-0.15, -0.1) is 0 Å². The van der Waals surface area contributed by atoms with Crippen LogP contribution in [0.4, 0.5) is 0 Å². The number of para-hydroxylation sites is 2. The van der Waals surface area contributed by atoms with Crippen molar-refractivity contribution >= 4 is 35.0 Å². The molecule has 0 spiro atoms. The number of rotatable bonds is 5. The van der Waals surface area contributed by atoms with Crippen LogP contribution in [0.25, 0.3) is 0 Å². The molecular weight excluding hydrogens is 403 g/mol. The van der Waals surface area contributed by atoms with E-state index in [0.717, 1.165) is 0 Å². The molecule has 8 heteroatoms. The van der Waals surface area contributed by atoms with Gasteiger partial charge in [-0.1, -0.05) is 41.4 Å². The van der Waals surface area contributed by atoms with Crippen LogP contribution in [0.3, 0.4) is 0 Å². The summed E-state index contributed by atoms with van der Waals surface area (Å²) >= 11 is 12.0. The molecule has 28 heavy (non-hydrogen) atoms. The number of fused-ring (bicyclic) bond motifs is 1. The van der Waals surface area contributed by atoms with E-state index < -0.39 is 11.9 Å². The minimum Gasteiger partial charge on any atom is -0.486 e. The molecule has 0 radical (unpaired) electrons. The second kappa shape index (κ2) is 8.71. The van der Waals surface area contributed by atoms with Gasteiger partial charge in [0, 0.05) is 7.05 Å². The van der Waals surface area contributed by atoms with Crippen molar-refractivity contribution in [1.29, 1.82) is 0 Å². The SMILES string of the molecule is CC(NC(=O)c1cccc(Cl)c1Cl)C(=O)N(C)CC1COc2ccccc2O1. The fourth-order valence-corrected chi connectivity index (χ4v) is 3.28. The van der Waals surface area contributed by atoms with Gasteiger partial charge in [0.15, 0.2) is 17.6 Å². The highest BCUT2D eigenvalue weighted by Gasteiger charge is 2.27. The molecule has 6 nitrogen and oxygen atoms in total. The normalized spacial score (nSPS) is 16.2. The van der Waals surface area contributed by atoms with Gasteiger partial charge in [-0.2, -0.15) is 0 Å². The quantitative estimate of drug-likeness (QED) is 0.801. The van der Waals surface area contributed by atoms with E-state index in [9.17, 15) is 9.59 Å². The van der Waals surface area contributed by atoms with Gasteiger partial charge in [0.2, 0.25) is 5.91 Å². The summed E-state index contributed by atoms with van der Waals surface area (Å²) in [7, 11) is 1.65. The van der Waals surface area contributed by atoms with Gasteiger partial charge in [0.05, 0.1) is 22.2 Å². The molecule has 1 N–H and O–H groups in total. The molecule has 2 amide bonds. The average Bonchev–Trinajstić information content (AvgIpc) is 2.69. The maximum absolute atomic E-state index is 12.6. The third-order valence-electron chi connectivity index (χ3n) is 4.34. The Morgan fingerprint density at radius 3 is 2.64 bits per heavy atom. The van der Waals surface area contributed by atoms with Crippen LogP contribution in [0.5, 0.6) is 11.5 Å². The summed E-state index contributed by atoms with van der Waals surface area (Å²) in [6.07, 6.45) is -0.297. The summed E-state index contributed by atoms with van der Waals surface area (Å²) in [5, 5.41) is 3.08. The van der Waals surface area contributed by atoms with E-state index in [1.165, 1.54) is 4.90 Å². The first-order valence-corrected chi connectivity index (χ1v) is 9.50. The van der Waals surface area contributed by atoms with Crippen LogP contribution in [0.2, 0.25) is 10.0 Å². The first-order chi connectivity index (χ1) is 13.4. The van der Waals surface area contributed by atoms with Crippen LogP contribution >= 0.6 is 23.2 Å². The van der Waals surface area contributed by atoms with Crippen LogP contribution in [0, 0.1) is 0 Å². The van der Waals surface area contributed by atoms with Crippen molar-refractivity contribution in [2.75, 3.05) is 20.2 Å². The Kier molecular flexibility index (Phi) is 6.31. The molecule has 2 atom stereocenters. The van der Waals surface area contributed by atoms with Crippen molar-refractivity contribution in [2.45, 2.75) is 19.1 Å². The highest BCUT2D eigenvalue weighted by Crippen LogP contribution is 2.31. The topological polar surface area (TPSA) is 67.9 Å². The van der Waals surface area contributed by atoms with E-state index >= 15 is 0 Å². The number of likely N-dealkylation sites (N-methyl/N-ethyl adjacent to an activating group) is 1. The predicted octanol–water partition coefficient (Wildman–Crippen LogP) is 3.41. The summed E-state index contributed by atoms with van der Waals surface area (Å²) in [5.74, 6) is 0.616. The summed E-state index contributed by atoms with van der Waals surface area (Å²) in [4.78, 5) is 26.6. The number of amides is 2. The molecular formula is C20H20Cl2N2O4. The fourth-order valence-electron chi connectivity index (χ4n) is 2.89. The molecule has 0 aromatic heterocycles. The van der Waals surface area contributed by atoms with Gasteiger partial charge < -0.3 is 19.7 Å². The number of hydrogen-bond acceptors (Lipinski definition) is 4. The van der Waals surface area contributed by atoms with Crippen LogP contribution in [-0.4, -0.2) is 49.1 Å². The lowest BCUT2D eigenvalue weighted by Crippen LogP contribution is -2.49. The van der Waals surface area contributed by atoms with Gasteiger partial charge in [0.1, 0.15) is 12.6 Å². The van der Waals surface area contributed by atoms with E-state index in [4.69, 9.17) is 32.7 Å². The standard InChI is InChI=1S/C20H20Cl2N2O4/c1-12(23-19(25)14-6-5-7-15(21)18(14)22)20(26)24(2)10-13-11-27-16-8-3-4-9-17(16)28-13/h3-9,12-13H,10-11H2,1-2H3,(H,23,25). The molecule has 3 rings (SSSR count). The van der Waals surface area contributed by atoms with E-state index in [-0.39, 0.29) is 27.6 Å². The largest absolute Gasteiger partial charge is 0.486 e. The van der Waals surface area contributed by atoms with Crippen molar-refractivity contribution < 1.29 is 19.1 Å². The summed E-state index contributed by atoms with van der Waals surface area (Å²) < 4.78 is 11.5. The second-order valence-electron chi connectivity index (χ2n) is 6.51. The molecule has 2 aromatic rings. The second-order valence-corrected chi connectivity index (χ2v) is 7.30. The number of carbonyl (C=O) groups excluding carboxylic acids is 2. The lowest BCUT2D eigenvalue weighted by molar-refractivity contribution is -0.132. The Bertz CT molecular complexity index is 890. The van der Waals surface area contributed by atoms with Crippen LogP contribution in [0.1, 0.15) is 17.3 Å². The monoisotopic (exact) mass is 422 g/mol. The Morgan fingerprint density at radius 1 is 1.18 bits per heavy atom. The minimum atomic E-state index is -0.746. The molecule has 1 heterocycles. The fraction of sp³-hybridized carbons (Fsp3) is 0.300. The molecule has 0 saturated carbocycles. The van der Waals surface area contributed by atoms with Crippen molar-refractivity contribution in [2.24, 2.45) is 0 Å². The molecule has 2 unspecified atom stereocenters. The van der Waals surface area contributed by atoms with Crippen LogP contribution in [-0.2, 0) is 4.79 Å². The lowest BCUT2D eigenvalue weighted by atomic mass is 10.2. The Morgan fingerprint density at radius 2 is 1.89 bits per heavy atom. The number of ether oxygens (including phenoxy) is 2. The first-order valence-electron chi connectivity index (χ1n) is 8.75. The zero-order valence-electron chi connectivity index (χ0n) is 15.4. The van der Waals surface area contributed by atoms with Gasteiger partial charge in [-0.3, -0.25) is 9.59 Å². The molecule has 2 aromatic carbocycles. The average molecular weight is 423 g/mol. The summed E-state index contributed by atoms with van der Waals surface area (Å²) in [6, 6.07) is 11.4. The molecule has 148 valence electrons. The van der Waals surface area contributed by atoms with Gasteiger partial charge in [0.25, 0.3) is 5.91 Å². The summed E-state index contributed by atoms with van der Waals surface area (Å²) in [6.45, 7) is 2.28. The number of benzene rings is 2. The zero-order chi connectivity index (χ0) is 20.3. The summed E-state index contributed by atoms with van der Waals surface area (Å²) in [5.41, 5.74) is 0.220. The Labute approximate surface area is 173 Å². The van der Waals surface area contributed by atoms with E-state index in [1.54, 1.807) is 32.2 Å². The predicted molar refractivity (Wildman–Crippen MR) is 107 cm³/mol. The lowest BCUT2D eigenvalue weighted by Gasteiger charge is -2.30. The third kappa shape index (κ3) is 4.51. The molecule has 0 saturated heterocycles. The Hall–Kier alpha value is -2.44. The van der Waals surface area contributed by atoms with Crippen molar-refractivity contribution in [1.82, 2.24) is 10.2 Å². The smallest absolute Gasteiger partial charge is 0.253 e. The minimum absolute atomic E-state index is 0.154. The number of nitrogens with zero attached hydrogens (tertiary/aromatic N) is 1. The van der Waals surface area contributed by atoms with E-state index in [2.05, 4.69) is 5.32 Å². The van der Waals surface area contributed by atoms with Gasteiger partial charge in [-0.05, 0) is 31.2 Å². The maximum Gasteiger partial charge on any atom is 0.253 e. The van der Waals surface area contributed by atoms with Crippen LogP contribution < -0.4 is 14.8 Å². The molecule has 1 aliphatic rings. The highest BCUT2D eigenvalue weighted by molar-refractivity contribution is 6.43. The van der Waals surface area contributed by atoms with Gasteiger partial charge in [-0.25, -0.2) is 0 Å². The number of halogens is 2. The highest BCUT2D eigenvalue weighted by atomic mass is 35.5. The molecule has 0 fully saturated rings. The number of carbonyl (C=O) groups is 2. The Balaban J connectivity index is 1.57. The third-order valence-corrected chi connectivity index (χ3v) is 5.15. The van der Waals surface area contributed by atoms with Gasteiger partial charge >= 0.3 is 0 Å². The number of nitrogens with one attached hydrogen (secondary N) is 1. The van der Waals surface area contributed by atoms with Crippen molar-refractivity contribution in [3.8, 4) is 11.5 Å².